The normalized spacial score (nSPS) is 17.9. The number of methoxy groups -OCH3 is 1. The highest BCUT2D eigenvalue weighted by atomic mass is 35.5. The summed E-state index contributed by atoms with van der Waals surface area (Å²) in [7, 11) is 1.54. The minimum Gasteiger partial charge on any atom is -0.494 e. The number of nitrogens with one attached hydrogen (secondary N) is 1. The number of carbonyl (C=O) groups excluding carboxylic acids is 1. The first-order chi connectivity index (χ1) is 16.5. The Bertz CT molecular complexity index is 1150. The first-order valence-corrected chi connectivity index (χ1v) is 12.3. The van der Waals surface area contributed by atoms with Crippen LogP contribution in [0.15, 0.2) is 24.5 Å². The van der Waals surface area contributed by atoms with Crippen LogP contribution in [0.25, 0.3) is 11.1 Å². The van der Waals surface area contributed by atoms with Gasteiger partial charge < -0.3 is 14.2 Å². The molecular weight excluding hydrogens is 478 g/mol. The average Bonchev–Trinajstić information content (AvgIpc) is 3.27. The van der Waals surface area contributed by atoms with E-state index in [1.807, 2.05) is 13.8 Å². The largest absolute Gasteiger partial charge is 0.494 e. The van der Waals surface area contributed by atoms with Crippen LogP contribution in [0, 0.1) is 6.92 Å². The van der Waals surface area contributed by atoms with Crippen LogP contribution in [0.5, 0.6) is 10.9 Å². The van der Waals surface area contributed by atoms with E-state index in [1.165, 1.54) is 30.8 Å². The molecule has 0 atom stereocenters. The van der Waals surface area contributed by atoms with E-state index in [9.17, 15) is 4.79 Å². The van der Waals surface area contributed by atoms with Crippen LogP contribution in [-0.4, -0.2) is 52.0 Å². The molecule has 9 nitrogen and oxygen atoms in total. The summed E-state index contributed by atoms with van der Waals surface area (Å²) < 4.78 is 17.1. The molecule has 0 saturated heterocycles. The van der Waals surface area contributed by atoms with Crippen molar-refractivity contribution >= 4 is 34.0 Å². The fourth-order valence-corrected chi connectivity index (χ4v) is 4.74. The maximum atomic E-state index is 13.1. The number of anilines is 1. The van der Waals surface area contributed by atoms with Crippen molar-refractivity contribution in [2.45, 2.75) is 51.7 Å². The summed E-state index contributed by atoms with van der Waals surface area (Å²) in [5.74, 6) is 0.118. The molecule has 1 saturated carbocycles. The summed E-state index contributed by atoms with van der Waals surface area (Å²) in [5, 5.41) is 12.0. The van der Waals surface area contributed by atoms with Crippen molar-refractivity contribution in [3.05, 3.63) is 40.9 Å². The quantitative estimate of drug-likeness (QED) is 0.430. The average molecular weight is 504 g/mol. The fraction of sp³-hybridized carbons (Fsp3) is 0.435. The molecule has 1 aliphatic carbocycles. The Morgan fingerprint density at radius 1 is 1.12 bits per heavy atom. The van der Waals surface area contributed by atoms with Crippen LogP contribution in [0.3, 0.4) is 0 Å². The predicted octanol–water partition coefficient (Wildman–Crippen LogP) is 4.94. The first kappa shape index (κ1) is 24.3. The summed E-state index contributed by atoms with van der Waals surface area (Å²) in [6.07, 6.45) is 7.15. The van der Waals surface area contributed by atoms with Crippen molar-refractivity contribution in [1.82, 2.24) is 20.2 Å². The summed E-state index contributed by atoms with van der Waals surface area (Å²) in [6.45, 7) is 4.59. The highest BCUT2D eigenvalue weighted by Crippen LogP contribution is 2.35. The summed E-state index contributed by atoms with van der Waals surface area (Å²) in [4.78, 5) is 21.5. The van der Waals surface area contributed by atoms with Gasteiger partial charge in [-0.2, -0.15) is 0 Å². The maximum Gasteiger partial charge on any atom is 0.296 e. The second-order valence-electron chi connectivity index (χ2n) is 7.88. The van der Waals surface area contributed by atoms with Crippen LogP contribution in [0.1, 0.15) is 48.7 Å². The third-order valence-corrected chi connectivity index (χ3v) is 6.48. The van der Waals surface area contributed by atoms with Crippen LogP contribution in [0.2, 0.25) is 5.15 Å². The highest BCUT2D eigenvalue weighted by Gasteiger charge is 2.24. The van der Waals surface area contributed by atoms with Gasteiger partial charge in [-0.15, -0.1) is 5.10 Å². The summed E-state index contributed by atoms with van der Waals surface area (Å²) in [5.41, 5.74) is 2.35. The molecule has 11 heteroatoms. The van der Waals surface area contributed by atoms with Crippen LogP contribution < -0.4 is 14.8 Å². The van der Waals surface area contributed by atoms with Crippen molar-refractivity contribution in [3.63, 3.8) is 0 Å². The van der Waals surface area contributed by atoms with E-state index in [1.54, 1.807) is 12.1 Å². The van der Waals surface area contributed by atoms with Gasteiger partial charge in [0.15, 0.2) is 0 Å². The number of aromatic nitrogens is 4. The van der Waals surface area contributed by atoms with Gasteiger partial charge in [0.05, 0.1) is 25.0 Å². The Balaban J connectivity index is 1.47. The van der Waals surface area contributed by atoms with Gasteiger partial charge in [-0.05, 0) is 63.0 Å². The van der Waals surface area contributed by atoms with Crippen molar-refractivity contribution in [2.24, 2.45) is 0 Å². The molecule has 4 rings (SSSR count). The van der Waals surface area contributed by atoms with Crippen molar-refractivity contribution < 1.29 is 19.0 Å². The van der Waals surface area contributed by atoms with E-state index in [-0.39, 0.29) is 17.2 Å². The van der Waals surface area contributed by atoms with Gasteiger partial charge in [0.1, 0.15) is 17.0 Å². The van der Waals surface area contributed by atoms with Crippen LogP contribution in [-0.2, 0) is 4.74 Å². The number of pyridine rings is 2. The van der Waals surface area contributed by atoms with Gasteiger partial charge in [-0.1, -0.05) is 16.7 Å². The van der Waals surface area contributed by atoms with E-state index < -0.39 is 0 Å². The summed E-state index contributed by atoms with van der Waals surface area (Å²) in [6, 6.07) is 3.46. The predicted molar refractivity (Wildman–Crippen MR) is 130 cm³/mol. The first-order valence-electron chi connectivity index (χ1n) is 11.1. The number of hydrogen-bond donors (Lipinski definition) is 1. The second-order valence-corrected chi connectivity index (χ2v) is 9.21. The Morgan fingerprint density at radius 3 is 2.62 bits per heavy atom. The summed E-state index contributed by atoms with van der Waals surface area (Å²) >= 11 is 7.30. The Labute approximate surface area is 206 Å². The minimum absolute atomic E-state index is 0.0741. The molecule has 34 heavy (non-hydrogen) atoms. The van der Waals surface area contributed by atoms with E-state index >= 15 is 0 Å². The smallest absolute Gasteiger partial charge is 0.296 e. The number of ether oxygens (including phenoxy) is 3. The van der Waals surface area contributed by atoms with Gasteiger partial charge in [-0.25, -0.2) is 4.98 Å². The standard InChI is InChI=1S/C23H26ClN5O4S/c1-4-32-14-5-7-15(8-6-14)33-23-29-28-22(34-23)27-21(30)18-11-25-13(2)9-16(18)17-10-20(24)26-12-19(17)31-3/h9-12,14-15H,4-8H2,1-3H3,(H,27,28,30). The zero-order valence-corrected chi connectivity index (χ0v) is 20.8. The molecule has 180 valence electrons. The lowest BCUT2D eigenvalue weighted by Gasteiger charge is -2.27. The topological polar surface area (TPSA) is 108 Å². The maximum absolute atomic E-state index is 13.1. The SMILES string of the molecule is CCOC1CCC(Oc2nnc(NC(=O)c3cnc(C)cc3-c3cc(Cl)ncc3OC)s2)CC1. The molecule has 3 aromatic rings. The van der Waals surface area contributed by atoms with Gasteiger partial charge in [0, 0.05) is 29.6 Å². The molecule has 1 N–H and O–H groups in total. The molecule has 1 aliphatic rings. The molecule has 0 aromatic carbocycles. The molecule has 0 spiro atoms. The Hall–Kier alpha value is -2.82. The lowest BCUT2D eigenvalue weighted by atomic mass is 9.95. The van der Waals surface area contributed by atoms with Gasteiger partial charge in [0.2, 0.25) is 5.13 Å². The van der Waals surface area contributed by atoms with E-state index in [4.69, 9.17) is 25.8 Å². The fourth-order valence-electron chi connectivity index (χ4n) is 3.92. The molecule has 0 radical (unpaired) electrons. The van der Waals surface area contributed by atoms with Gasteiger partial charge >= 0.3 is 0 Å². The zero-order chi connectivity index (χ0) is 24.1. The number of halogens is 1. The lowest BCUT2D eigenvalue weighted by Crippen LogP contribution is -2.28. The number of carbonyl (C=O) groups is 1. The number of aryl methyl sites for hydroxylation is 1. The third kappa shape index (κ3) is 5.81. The Kier molecular flexibility index (Phi) is 7.91. The van der Waals surface area contributed by atoms with Gasteiger partial charge in [-0.3, -0.25) is 15.1 Å². The Morgan fingerprint density at radius 2 is 1.88 bits per heavy atom. The molecule has 3 heterocycles. The van der Waals surface area contributed by atoms with E-state index in [0.717, 1.165) is 38.0 Å². The molecular formula is C23H26ClN5O4S. The monoisotopic (exact) mass is 503 g/mol. The van der Waals surface area contributed by atoms with Crippen LogP contribution in [0.4, 0.5) is 5.13 Å². The van der Waals surface area contributed by atoms with Gasteiger partial charge in [0.25, 0.3) is 11.1 Å². The second kappa shape index (κ2) is 11.1. The number of rotatable bonds is 8. The van der Waals surface area contributed by atoms with Crippen LogP contribution >= 0.6 is 22.9 Å². The highest BCUT2D eigenvalue weighted by molar-refractivity contribution is 7.17. The van der Waals surface area contributed by atoms with Crippen molar-refractivity contribution in [3.8, 4) is 22.1 Å². The molecule has 0 bridgehead atoms. The minimum atomic E-state index is -0.377. The number of amides is 1. The third-order valence-electron chi connectivity index (χ3n) is 5.55. The van der Waals surface area contributed by atoms with E-state index in [0.29, 0.717) is 38.9 Å². The van der Waals surface area contributed by atoms with Crippen molar-refractivity contribution in [2.75, 3.05) is 19.0 Å². The molecule has 0 aliphatic heterocycles. The molecule has 1 fully saturated rings. The number of nitrogens with zero attached hydrogens (tertiary/aromatic N) is 4. The molecule has 3 aromatic heterocycles. The number of hydrogen-bond acceptors (Lipinski definition) is 9. The molecule has 1 amide bonds. The lowest BCUT2D eigenvalue weighted by molar-refractivity contribution is 0.00862. The van der Waals surface area contributed by atoms with Crippen molar-refractivity contribution in [1.29, 1.82) is 0 Å². The zero-order valence-electron chi connectivity index (χ0n) is 19.2. The molecule has 0 unspecified atom stereocenters. The van der Waals surface area contributed by atoms with E-state index in [2.05, 4.69) is 25.5 Å².